The Kier molecular flexibility index (Phi) is 5.25. The number of halogens is 1. The maximum Gasteiger partial charge on any atom is 0.223 e. The SMILES string of the molecule is CC1(C)CCCCC1C(=O)NCc1ccc(CBr)cc1. The molecule has 1 unspecified atom stereocenters. The van der Waals surface area contributed by atoms with Gasteiger partial charge in [0.15, 0.2) is 0 Å². The first-order valence-corrected chi connectivity index (χ1v) is 8.56. The maximum absolute atomic E-state index is 12.4. The lowest BCUT2D eigenvalue weighted by Gasteiger charge is -2.37. The summed E-state index contributed by atoms with van der Waals surface area (Å²) in [6.07, 6.45) is 4.62. The van der Waals surface area contributed by atoms with Crippen molar-refractivity contribution in [3.05, 3.63) is 35.4 Å². The third-order valence-corrected chi connectivity index (χ3v) is 5.12. The molecule has 1 aliphatic carbocycles. The highest BCUT2D eigenvalue weighted by atomic mass is 79.9. The maximum atomic E-state index is 12.4. The van der Waals surface area contributed by atoms with Crippen LogP contribution in [0, 0.1) is 11.3 Å². The zero-order valence-electron chi connectivity index (χ0n) is 12.4. The Morgan fingerprint density at radius 2 is 1.90 bits per heavy atom. The van der Waals surface area contributed by atoms with Crippen molar-refractivity contribution >= 4 is 21.8 Å². The number of carbonyl (C=O) groups excluding carboxylic acids is 1. The summed E-state index contributed by atoms with van der Waals surface area (Å²) in [7, 11) is 0. The van der Waals surface area contributed by atoms with Crippen LogP contribution in [0.3, 0.4) is 0 Å². The molecule has 0 aromatic heterocycles. The van der Waals surface area contributed by atoms with E-state index in [2.05, 4.69) is 59.4 Å². The highest BCUT2D eigenvalue weighted by Gasteiger charge is 2.36. The van der Waals surface area contributed by atoms with E-state index in [0.717, 1.165) is 23.7 Å². The minimum atomic E-state index is 0.141. The Bertz CT molecular complexity index is 453. The molecule has 3 heteroatoms. The van der Waals surface area contributed by atoms with Crippen molar-refractivity contribution in [3.63, 3.8) is 0 Å². The second-order valence-corrected chi connectivity index (χ2v) is 7.02. The van der Waals surface area contributed by atoms with Crippen molar-refractivity contribution in [2.45, 2.75) is 51.4 Å². The van der Waals surface area contributed by atoms with Gasteiger partial charge in [0.2, 0.25) is 5.91 Å². The monoisotopic (exact) mass is 337 g/mol. The molecule has 1 aliphatic rings. The molecule has 110 valence electrons. The molecule has 0 aliphatic heterocycles. The summed E-state index contributed by atoms with van der Waals surface area (Å²) in [4.78, 5) is 12.4. The van der Waals surface area contributed by atoms with E-state index in [-0.39, 0.29) is 17.2 Å². The van der Waals surface area contributed by atoms with Crippen molar-refractivity contribution in [2.24, 2.45) is 11.3 Å². The van der Waals surface area contributed by atoms with Crippen molar-refractivity contribution < 1.29 is 4.79 Å². The van der Waals surface area contributed by atoms with E-state index in [0.29, 0.717) is 6.54 Å². The minimum absolute atomic E-state index is 0.141. The van der Waals surface area contributed by atoms with Crippen LogP contribution < -0.4 is 5.32 Å². The summed E-state index contributed by atoms with van der Waals surface area (Å²) >= 11 is 3.44. The molecule has 0 heterocycles. The van der Waals surface area contributed by atoms with Gasteiger partial charge >= 0.3 is 0 Å². The smallest absolute Gasteiger partial charge is 0.223 e. The Morgan fingerprint density at radius 3 is 2.50 bits per heavy atom. The van der Waals surface area contributed by atoms with Crippen LogP contribution in [0.25, 0.3) is 0 Å². The average Bonchev–Trinajstić information content (AvgIpc) is 2.45. The van der Waals surface area contributed by atoms with Gasteiger partial charge in [-0.1, -0.05) is 66.9 Å². The molecular formula is C17H24BrNO. The third-order valence-electron chi connectivity index (χ3n) is 4.47. The van der Waals surface area contributed by atoms with Crippen molar-refractivity contribution in [1.82, 2.24) is 5.32 Å². The van der Waals surface area contributed by atoms with E-state index >= 15 is 0 Å². The van der Waals surface area contributed by atoms with Crippen LogP contribution in [-0.2, 0) is 16.7 Å². The first-order chi connectivity index (χ1) is 9.53. The first-order valence-electron chi connectivity index (χ1n) is 7.44. The molecule has 1 atom stereocenters. The number of nitrogens with one attached hydrogen (secondary N) is 1. The topological polar surface area (TPSA) is 29.1 Å². The van der Waals surface area contributed by atoms with Gasteiger partial charge in [-0.05, 0) is 29.4 Å². The van der Waals surface area contributed by atoms with Crippen LogP contribution in [0.4, 0.5) is 0 Å². The van der Waals surface area contributed by atoms with Gasteiger partial charge in [0.25, 0.3) is 0 Å². The van der Waals surface area contributed by atoms with E-state index < -0.39 is 0 Å². The van der Waals surface area contributed by atoms with Gasteiger partial charge in [0.05, 0.1) is 0 Å². The largest absolute Gasteiger partial charge is 0.352 e. The number of hydrogen-bond acceptors (Lipinski definition) is 1. The molecule has 2 nitrogen and oxygen atoms in total. The summed E-state index contributed by atoms with van der Waals surface area (Å²) in [6.45, 7) is 5.08. The van der Waals surface area contributed by atoms with Crippen LogP contribution in [-0.4, -0.2) is 5.91 Å². The van der Waals surface area contributed by atoms with Crippen LogP contribution >= 0.6 is 15.9 Å². The fourth-order valence-electron chi connectivity index (χ4n) is 3.04. The van der Waals surface area contributed by atoms with Gasteiger partial charge in [0, 0.05) is 17.8 Å². The number of amides is 1. The number of benzene rings is 1. The fourth-order valence-corrected chi connectivity index (χ4v) is 3.41. The van der Waals surface area contributed by atoms with E-state index in [4.69, 9.17) is 0 Å². The Morgan fingerprint density at radius 1 is 1.25 bits per heavy atom. The summed E-state index contributed by atoms with van der Waals surface area (Å²) < 4.78 is 0. The summed E-state index contributed by atoms with van der Waals surface area (Å²) in [5.74, 6) is 0.386. The van der Waals surface area contributed by atoms with Gasteiger partial charge in [-0.2, -0.15) is 0 Å². The molecular weight excluding hydrogens is 314 g/mol. The van der Waals surface area contributed by atoms with Gasteiger partial charge in [0.1, 0.15) is 0 Å². The molecule has 0 spiro atoms. The fraction of sp³-hybridized carbons (Fsp3) is 0.588. The van der Waals surface area contributed by atoms with E-state index in [1.807, 2.05) is 0 Å². The predicted octanol–water partition coefficient (Wildman–Crippen LogP) is 4.41. The van der Waals surface area contributed by atoms with Crippen LogP contribution in [0.1, 0.15) is 50.7 Å². The number of rotatable bonds is 4. The van der Waals surface area contributed by atoms with Crippen molar-refractivity contribution in [2.75, 3.05) is 0 Å². The summed E-state index contributed by atoms with van der Waals surface area (Å²) in [5, 5.41) is 3.98. The summed E-state index contributed by atoms with van der Waals surface area (Å²) in [6, 6.07) is 8.37. The van der Waals surface area contributed by atoms with Gasteiger partial charge in [-0.15, -0.1) is 0 Å². The average molecular weight is 338 g/mol. The number of alkyl halides is 1. The highest BCUT2D eigenvalue weighted by Crippen LogP contribution is 2.40. The minimum Gasteiger partial charge on any atom is -0.352 e. The standard InChI is InChI=1S/C17H24BrNO/c1-17(2)10-4-3-5-15(17)16(20)19-12-14-8-6-13(11-18)7-9-14/h6-9,15H,3-5,10-12H2,1-2H3,(H,19,20). The highest BCUT2D eigenvalue weighted by molar-refractivity contribution is 9.08. The molecule has 0 radical (unpaired) electrons. The zero-order valence-corrected chi connectivity index (χ0v) is 14.0. The Labute approximate surface area is 130 Å². The molecule has 2 rings (SSSR count). The van der Waals surface area contributed by atoms with Crippen LogP contribution in [0.2, 0.25) is 0 Å². The molecule has 20 heavy (non-hydrogen) atoms. The molecule has 1 fully saturated rings. The van der Waals surface area contributed by atoms with Crippen LogP contribution in [0.5, 0.6) is 0 Å². The molecule has 1 aromatic rings. The van der Waals surface area contributed by atoms with E-state index in [1.54, 1.807) is 0 Å². The Hall–Kier alpha value is -0.830. The van der Waals surface area contributed by atoms with Crippen molar-refractivity contribution in [3.8, 4) is 0 Å². The molecule has 1 saturated carbocycles. The lowest BCUT2D eigenvalue weighted by molar-refractivity contribution is -0.130. The molecule has 1 N–H and O–H groups in total. The first kappa shape index (κ1) is 15.6. The van der Waals surface area contributed by atoms with Crippen molar-refractivity contribution in [1.29, 1.82) is 0 Å². The lowest BCUT2D eigenvalue weighted by atomic mass is 9.68. The third kappa shape index (κ3) is 3.85. The Balaban J connectivity index is 1.90. The zero-order chi connectivity index (χ0) is 14.6. The van der Waals surface area contributed by atoms with E-state index in [1.165, 1.54) is 18.4 Å². The van der Waals surface area contributed by atoms with Gasteiger partial charge < -0.3 is 5.32 Å². The predicted molar refractivity (Wildman–Crippen MR) is 86.7 cm³/mol. The molecule has 1 amide bonds. The number of hydrogen-bond donors (Lipinski definition) is 1. The molecule has 0 bridgehead atoms. The van der Waals surface area contributed by atoms with Gasteiger partial charge in [-0.25, -0.2) is 0 Å². The normalized spacial score (nSPS) is 21.4. The summed E-state index contributed by atoms with van der Waals surface area (Å²) in [5.41, 5.74) is 2.56. The lowest BCUT2D eigenvalue weighted by Crippen LogP contribution is -2.40. The molecule has 0 saturated heterocycles. The second-order valence-electron chi connectivity index (χ2n) is 6.45. The number of carbonyl (C=O) groups is 1. The molecule has 1 aromatic carbocycles. The quantitative estimate of drug-likeness (QED) is 0.810. The van der Waals surface area contributed by atoms with Crippen LogP contribution in [0.15, 0.2) is 24.3 Å². The van der Waals surface area contributed by atoms with E-state index in [9.17, 15) is 4.79 Å². The second kappa shape index (κ2) is 6.75. The van der Waals surface area contributed by atoms with Gasteiger partial charge in [-0.3, -0.25) is 4.79 Å².